The van der Waals surface area contributed by atoms with Crippen LogP contribution in [-0.2, 0) is 11.2 Å². The molecule has 0 heterocycles. The molecular weight excluding hydrogens is 286 g/mol. The van der Waals surface area contributed by atoms with E-state index in [-0.39, 0.29) is 6.42 Å². The average molecular weight is 311 g/mol. The molecule has 2 rings (SSSR count). The van der Waals surface area contributed by atoms with Crippen LogP contribution in [0.5, 0.6) is 0 Å². The summed E-state index contributed by atoms with van der Waals surface area (Å²) in [4.78, 5) is 10.5. The van der Waals surface area contributed by atoms with E-state index in [0.717, 1.165) is 25.0 Å². The van der Waals surface area contributed by atoms with Crippen LogP contribution in [0.25, 0.3) is 0 Å². The monoisotopic (exact) mass is 311 g/mol. The second-order valence-electron chi connectivity index (χ2n) is 5.92. The molecule has 1 atom stereocenters. The van der Waals surface area contributed by atoms with Crippen molar-refractivity contribution in [2.24, 2.45) is 0 Å². The van der Waals surface area contributed by atoms with Gasteiger partial charge in [-0.05, 0) is 61.4 Å². The van der Waals surface area contributed by atoms with Crippen molar-refractivity contribution < 1.29 is 9.90 Å². The zero-order valence-electron chi connectivity index (χ0n) is 13.7. The standard InChI is InChI=1S/C20H25NO2/c1-3-8-16(10-5-4-6-12-20(22)23)21-19-14-13-17-15(2)9-7-11-18(17)19/h3,5,7-11,19,21H,1,4,6,12-14H2,2H3,(H,22,23)/b10-5-,16-8+. The Hall–Kier alpha value is -2.29. The highest BCUT2D eigenvalue weighted by molar-refractivity contribution is 5.66. The molecule has 1 aromatic carbocycles. The first-order valence-corrected chi connectivity index (χ1v) is 8.17. The lowest BCUT2D eigenvalue weighted by Gasteiger charge is -2.16. The maximum absolute atomic E-state index is 10.5. The number of fused-ring (bicyclic) bond motifs is 1. The molecular formula is C20H25NO2. The van der Waals surface area contributed by atoms with E-state index in [1.165, 1.54) is 16.7 Å². The van der Waals surface area contributed by atoms with Gasteiger partial charge >= 0.3 is 5.97 Å². The molecule has 0 saturated heterocycles. The third kappa shape index (κ3) is 4.85. The van der Waals surface area contributed by atoms with Gasteiger partial charge in [0.1, 0.15) is 0 Å². The summed E-state index contributed by atoms with van der Waals surface area (Å²) in [5, 5.41) is 12.2. The lowest BCUT2D eigenvalue weighted by atomic mass is 10.0. The first-order valence-electron chi connectivity index (χ1n) is 8.17. The summed E-state index contributed by atoms with van der Waals surface area (Å²) in [6.07, 6.45) is 11.6. The van der Waals surface area contributed by atoms with Crippen LogP contribution in [0.15, 0.2) is 54.8 Å². The van der Waals surface area contributed by atoms with Crippen LogP contribution < -0.4 is 5.32 Å². The van der Waals surface area contributed by atoms with E-state index in [4.69, 9.17) is 5.11 Å². The Morgan fingerprint density at radius 3 is 3.04 bits per heavy atom. The summed E-state index contributed by atoms with van der Waals surface area (Å²) in [6.45, 7) is 5.94. The molecule has 0 bridgehead atoms. The van der Waals surface area contributed by atoms with Gasteiger partial charge in [-0.3, -0.25) is 4.79 Å². The van der Waals surface area contributed by atoms with E-state index in [1.54, 1.807) is 6.08 Å². The summed E-state index contributed by atoms with van der Waals surface area (Å²) < 4.78 is 0. The number of aliphatic carboxylic acids is 1. The lowest BCUT2D eigenvalue weighted by molar-refractivity contribution is -0.137. The van der Waals surface area contributed by atoms with Gasteiger partial charge in [0.25, 0.3) is 0 Å². The van der Waals surface area contributed by atoms with Crippen molar-refractivity contribution in [2.75, 3.05) is 0 Å². The second-order valence-corrected chi connectivity index (χ2v) is 5.92. The summed E-state index contributed by atoms with van der Waals surface area (Å²) in [6, 6.07) is 6.83. The molecule has 23 heavy (non-hydrogen) atoms. The summed E-state index contributed by atoms with van der Waals surface area (Å²) in [7, 11) is 0. The van der Waals surface area contributed by atoms with Crippen molar-refractivity contribution in [3.8, 4) is 0 Å². The number of unbranched alkanes of at least 4 members (excludes halogenated alkanes) is 1. The normalized spacial score (nSPS) is 17.3. The Morgan fingerprint density at radius 1 is 1.48 bits per heavy atom. The summed E-state index contributed by atoms with van der Waals surface area (Å²) >= 11 is 0. The molecule has 1 aliphatic carbocycles. The largest absolute Gasteiger partial charge is 0.481 e. The van der Waals surface area contributed by atoms with Crippen molar-refractivity contribution in [3.63, 3.8) is 0 Å². The molecule has 1 aliphatic rings. The fourth-order valence-electron chi connectivity index (χ4n) is 3.05. The minimum Gasteiger partial charge on any atom is -0.481 e. The third-order valence-corrected chi connectivity index (χ3v) is 4.20. The van der Waals surface area contributed by atoms with E-state index in [1.807, 2.05) is 18.2 Å². The van der Waals surface area contributed by atoms with Gasteiger partial charge in [0.05, 0.1) is 6.04 Å². The van der Waals surface area contributed by atoms with Gasteiger partial charge in [0, 0.05) is 12.1 Å². The van der Waals surface area contributed by atoms with Crippen molar-refractivity contribution in [2.45, 2.75) is 45.1 Å². The molecule has 0 saturated carbocycles. The summed E-state index contributed by atoms with van der Waals surface area (Å²) in [5.41, 5.74) is 5.24. The van der Waals surface area contributed by atoms with Gasteiger partial charge in [-0.25, -0.2) is 0 Å². The number of rotatable bonds is 8. The van der Waals surface area contributed by atoms with E-state index in [0.29, 0.717) is 12.5 Å². The minimum atomic E-state index is -0.740. The van der Waals surface area contributed by atoms with Crippen LogP contribution in [-0.4, -0.2) is 11.1 Å². The van der Waals surface area contributed by atoms with E-state index >= 15 is 0 Å². The average Bonchev–Trinajstić information content (AvgIpc) is 2.91. The maximum atomic E-state index is 10.5. The van der Waals surface area contributed by atoms with Crippen LogP contribution >= 0.6 is 0 Å². The molecule has 3 heteroatoms. The quantitative estimate of drug-likeness (QED) is 0.551. The Balaban J connectivity index is 1.98. The molecule has 1 aromatic rings. The Kier molecular flexibility index (Phi) is 6.21. The number of hydrogen-bond acceptors (Lipinski definition) is 2. The van der Waals surface area contributed by atoms with Crippen molar-refractivity contribution in [3.05, 3.63) is 71.5 Å². The number of carbonyl (C=O) groups is 1. The molecule has 0 fully saturated rings. The topological polar surface area (TPSA) is 49.3 Å². The Morgan fingerprint density at radius 2 is 2.30 bits per heavy atom. The first kappa shape index (κ1) is 17.1. The zero-order chi connectivity index (χ0) is 16.7. The van der Waals surface area contributed by atoms with Crippen LogP contribution in [0.4, 0.5) is 0 Å². The molecule has 0 aliphatic heterocycles. The Labute approximate surface area is 138 Å². The highest BCUT2D eigenvalue weighted by Gasteiger charge is 2.23. The number of hydrogen-bond donors (Lipinski definition) is 2. The van der Waals surface area contributed by atoms with Crippen molar-refractivity contribution in [1.29, 1.82) is 0 Å². The predicted octanol–water partition coefficient (Wildman–Crippen LogP) is 4.45. The lowest BCUT2D eigenvalue weighted by Crippen LogP contribution is -2.17. The molecule has 0 aromatic heterocycles. The van der Waals surface area contributed by atoms with Gasteiger partial charge in [-0.15, -0.1) is 0 Å². The molecule has 1 unspecified atom stereocenters. The number of carboxylic acids is 1. The predicted molar refractivity (Wildman–Crippen MR) is 94.3 cm³/mol. The fourth-order valence-corrected chi connectivity index (χ4v) is 3.05. The van der Waals surface area contributed by atoms with Crippen molar-refractivity contribution in [1.82, 2.24) is 5.32 Å². The van der Waals surface area contributed by atoms with Gasteiger partial charge in [-0.2, -0.15) is 0 Å². The highest BCUT2D eigenvalue weighted by atomic mass is 16.4. The minimum absolute atomic E-state index is 0.216. The number of aryl methyl sites for hydroxylation is 1. The second kappa shape index (κ2) is 8.37. The molecule has 122 valence electrons. The van der Waals surface area contributed by atoms with Crippen LogP contribution in [0.2, 0.25) is 0 Å². The first-order chi connectivity index (χ1) is 11.1. The third-order valence-electron chi connectivity index (χ3n) is 4.20. The van der Waals surface area contributed by atoms with E-state index in [9.17, 15) is 4.79 Å². The van der Waals surface area contributed by atoms with Crippen LogP contribution in [0.1, 0.15) is 48.4 Å². The molecule has 0 amide bonds. The van der Waals surface area contributed by atoms with Crippen LogP contribution in [0.3, 0.4) is 0 Å². The Bertz CT molecular complexity index is 629. The maximum Gasteiger partial charge on any atom is 0.303 e. The van der Waals surface area contributed by atoms with Gasteiger partial charge < -0.3 is 10.4 Å². The highest BCUT2D eigenvalue weighted by Crippen LogP contribution is 2.33. The van der Waals surface area contributed by atoms with Gasteiger partial charge in [-0.1, -0.05) is 36.9 Å². The number of carboxylic acid groups (broad SMARTS) is 1. The smallest absolute Gasteiger partial charge is 0.303 e. The van der Waals surface area contributed by atoms with Crippen LogP contribution in [0, 0.1) is 6.92 Å². The van der Waals surface area contributed by atoms with E-state index < -0.39 is 5.97 Å². The number of nitrogens with one attached hydrogen (secondary N) is 1. The molecule has 0 spiro atoms. The van der Waals surface area contributed by atoms with Gasteiger partial charge in [0.15, 0.2) is 0 Å². The number of benzene rings is 1. The SMILES string of the molecule is C=C/C=C(\C=C/CCCC(=O)O)NC1CCc2c(C)cccc21. The summed E-state index contributed by atoms with van der Waals surface area (Å²) in [5.74, 6) is -0.740. The molecule has 3 nitrogen and oxygen atoms in total. The molecule has 2 N–H and O–H groups in total. The molecule has 0 radical (unpaired) electrons. The van der Waals surface area contributed by atoms with E-state index in [2.05, 4.69) is 37.0 Å². The van der Waals surface area contributed by atoms with Crippen molar-refractivity contribution >= 4 is 5.97 Å². The van der Waals surface area contributed by atoms with Gasteiger partial charge in [0.2, 0.25) is 0 Å². The number of allylic oxidation sites excluding steroid dienone is 4. The fraction of sp³-hybridized carbons (Fsp3) is 0.350. The zero-order valence-corrected chi connectivity index (χ0v) is 13.7.